The highest BCUT2D eigenvalue weighted by Crippen LogP contribution is 1.73. The lowest BCUT2D eigenvalue weighted by molar-refractivity contribution is 0.570. The predicted octanol–water partition coefficient (Wildman–Crippen LogP) is -0.930. The van der Waals surface area contributed by atoms with Crippen LogP contribution in [-0.2, 0) is 13.1 Å². The van der Waals surface area contributed by atoms with Crippen LogP contribution < -0.4 is 17.1 Å². The molecule has 6 nitrogen and oxygen atoms in total. The third-order valence-electron chi connectivity index (χ3n) is 1.79. The van der Waals surface area contributed by atoms with Gasteiger partial charge in [0, 0.05) is 0 Å². The fourth-order valence-corrected chi connectivity index (χ4v) is 1.13. The molecular formula is C9H11N3O3. The summed E-state index contributed by atoms with van der Waals surface area (Å²) in [6.45, 7) is 6.95. The van der Waals surface area contributed by atoms with Gasteiger partial charge in [0.2, 0.25) is 0 Å². The van der Waals surface area contributed by atoms with E-state index in [0.717, 1.165) is 9.13 Å². The van der Waals surface area contributed by atoms with Crippen LogP contribution >= 0.6 is 0 Å². The van der Waals surface area contributed by atoms with Crippen molar-refractivity contribution in [1.29, 1.82) is 0 Å². The van der Waals surface area contributed by atoms with Gasteiger partial charge >= 0.3 is 17.1 Å². The van der Waals surface area contributed by atoms with Crippen molar-refractivity contribution in [3.05, 3.63) is 56.8 Å². The average Bonchev–Trinajstić information content (AvgIpc) is 2.19. The summed E-state index contributed by atoms with van der Waals surface area (Å²) < 4.78 is 1.77. The second kappa shape index (κ2) is 4.41. The van der Waals surface area contributed by atoms with Crippen molar-refractivity contribution in [1.82, 2.24) is 14.1 Å². The first kappa shape index (κ1) is 11.0. The zero-order valence-electron chi connectivity index (χ0n) is 8.10. The molecule has 1 aromatic heterocycles. The Kier molecular flexibility index (Phi) is 3.22. The molecule has 0 aliphatic carbocycles. The Balaban J connectivity index is 3.56. The second-order valence-electron chi connectivity index (χ2n) is 2.82. The lowest BCUT2D eigenvalue weighted by atomic mass is 10.6. The third kappa shape index (κ3) is 2.04. The molecule has 0 aliphatic rings. The molecule has 0 fully saturated rings. The Morgan fingerprint density at radius 3 is 1.73 bits per heavy atom. The summed E-state index contributed by atoms with van der Waals surface area (Å²) in [6, 6.07) is 0. The van der Waals surface area contributed by atoms with E-state index in [1.165, 1.54) is 12.2 Å². The first-order valence-corrected chi connectivity index (χ1v) is 4.27. The van der Waals surface area contributed by atoms with E-state index in [9.17, 15) is 14.4 Å². The highest BCUT2D eigenvalue weighted by Gasteiger charge is 2.06. The van der Waals surface area contributed by atoms with Crippen LogP contribution in [0.4, 0.5) is 0 Å². The molecule has 0 saturated carbocycles. The molecule has 0 atom stereocenters. The molecule has 1 aromatic rings. The lowest BCUT2D eigenvalue weighted by Gasteiger charge is -2.04. The maximum Gasteiger partial charge on any atom is 0.336 e. The predicted molar refractivity (Wildman–Crippen MR) is 56.0 cm³/mol. The summed E-state index contributed by atoms with van der Waals surface area (Å²) >= 11 is 0. The van der Waals surface area contributed by atoms with E-state index in [2.05, 4.69) is 13.2 Å². The van der Waals surface area contributed by atoms with Gasteiger partial charge in [-0.15, -0.1) is 13.2 Å². The van der Waals surface area contributed by atoms with E-state index in [-0.39, 0.29) is 13.1 Å². The van der Waals surface area contributed by atoms with E-state index in [1.807, 2.05) is 4.98 Å². The summed E-state index contributed by atoms with van der Waals surface area (Å²) in [5.41, 5.74) is -2.13. The van der Waals surface area contributed by atoms with Gasteiger partial charge in [-0.3, -0.25) is 4.98 Å². The molecule has 0 aliphatic heterocycles. The van der Waals surface area contributed by atoms with Gasteiger partial charge in [0.25, 0.3) is 0 Å². The molecule has 0 saturated heterocycles. The molecule has 0 amide bonds. The number of aromatic amines is 1. The van der Waals surface area contributed by atoms with Crippen molar-refractivity contribution in [2.45, 2.75) is 13.1 Å². The Bertz CT molecular complexity index is 502. The van der Waals surface area contributed by atoms with Crippen molar-refractivity contribution >= 4 is 0 Å². The number of hydrogen-bond donors (Lipinski definition) is 1. The van der Waals surface area contributed by atoms with Crippen molar-refractivity contribution in [3.63, 3.8) is 0 Å². The molecule has 1 heterocycles. The Labute approximate surface area is 84.8 Å². The monoisotopic (exact) mass is 209 g/mol. The number of aromatic nitrogens is 3. The molecule has 0 unspecified atom stereocenters. The van der Waals surface area contributed by atoms with Crippen LogP contribution in [0.15, 0.2) is 39.7 Å². The van der Waals surface area contributed by atoms with Gasteiger partial charge in [0.05, 0.1) is 13.1 Å². The fourth-order valence-electron chi connectivity index (χ4n) is 1.13. The van der Waals surface area contributed by atoms with Crippen LogP contribution in [0.3, 0.4) is 0 Å². The number of allylic oxidation sites excluding steroid dienone is 2. The topological polar surface area (TPSA) is 76.9 Å². The van der Waals surface area contributed by atoms with E-state index >= 15 is 0 Å². The van der Waals surface area contributed by atoms with Gasteiger partial charge in [-0.1, -0.05) is 12.2 Å². The third-order valence-corrected chi connectivity index (χ3v) is 1.79. The molecule has 6 heteroatoms. The average molecular weight is 209 g/mol. The molecule has 1 N–H and O–H groups in total. The van der Waals surface area contributed by atoms with Gasteiger partial charge in [0.15, 0.2) is 0 Å². The van der Waals surface area contributed by atoms with Crippen LogP contribution in [0, 0.1) is 0 Å². The molecular weight excluding hydrogens is 198 g/mol. The SMILES string of the molecule is C=CCn1c(=O)[nH]c(=O)n(CC=C)c1=O. The van der Waals surface area contributed by atoms with E-state index in [1.54, 1.807) is 0 Å². The zero-order valence-corrected chi connectivity index (χ0v) is 8.10. The maximum atomic E-state index is 11.6. The first-order valence-electron chi connectivity index (χ1n) is 4.27. The first-order chi connectivity index (χ1) is 7.11. The van der Waals surface area contributed by atoms with Crippen molar-refractivity contribution in [3.8, 4) is 0 Å². The number of H-pyrrole nitrogens is 1. The molecule has 0 spiro atoms. The van der Waals surface area contributed by atoms with E-state index in [4.69, 9.17) is 0 Å². The molecule has 0 radical (unpaired) electrons. The van der Waals surface area contributed by atoms with Crippen LogP contribution in [0.25, 0.3) is 0 Å². The Morgan fingerprint density at radius 2 is 1.40 bits per heavy atom. The number of nitrogens with one attached hydrogen (secondary N) is 1. The van der Waals surface area contributed by atoms with Gasteiger partial charge in [0.1, 0.15) is 0 Å². The quantitative estimate of drug-likeness (QED) is 0.651. The molecule has 0 aromatic carbocycles. The highest BCUT2D eigenvalue weighted by molar-refractivity contribution is 4.81. The van der Waals surface area contributed by atoms with Crippen molar-refractivity contribution < 1.29 is 0 Å². The lowest BCUT2D eigenvalue weighted by Crippen LogP contribution is -2.49. The summed E-state index contributed by atoms with van der Waals surface area (Å²) in [7, 11) is 0. The standard InChI is InChI=1S/C9H11N3O3/c1-3-5-11-7(13)10-8(14)12(6-4-2)9(11)15/h3-4H,1-2,5-6H2,(H,10,13,14). The Morgan fingerprint density at radius 1 is 1.00 bits per heavy atom. The molecule has 15 heavy (non-hydrogen) atoms. The van der Waals surface area contributed by atoms with Gasteiger partial charge in [-0.25, -0.2) is 23.5 Å². The van der Waals surface area contributed by atoms with Gasteiger partial charge in [-0.05, 0) is 0 Å². The molecule has 1 rings (SSSR count). The number of hydrogen-bond acceptors (Lipinski definition) is 3. The van der Waals surface area contributed by atoms with E-state index < -0.39 is 17.1 Å². The zero-order chi connectivity index (χ0) is 11.4. The summed E-state index contributed by atoms with van der Waals surface area (Å²) in [5, 5.41) is 0. The maximum absolute atomic E-state index is 11.6. The summed E-state index contributed by atoms with van der Waals surface area (Å²) in [5.74, 6) is 0. The Hall–Kier alpha value is -2.11. The molecule has 0 bridgehead atoms. The van der Waals surface area contributed by atoms with Crippen LogP contribution in [-0.4, -0.2) is 14.1 Å². The van der Waals surface area contributed by atoms with Crippen LogP contribution in [0.2, 0.25) is 0 Å². The number of rotatable bonds is 4. The van der Waals surface area contributed by atoms with Crippen LogP contribution in [0.5, 0.6) is 0 Å². The summed E-state index contributed by atoms with van der Waals surface area (Å²) in [6.07, 6.45) is 2.80. The van der Waals surface area contributed by atoms with Crippen molar-refractivity contribution in [2.75, 3.05) is 0 Å². The minimum atomic E-state index is -0.731. The van der Waals surface area contributed by atoms with Gasteiger partial charge in [-0.2, -0.15) is 0 Å². The largest absolute Gasteiger partial charge is 0.336 e. The second-order valence-corrected chi connectivity index (χ2v) is 2.82. The minimum Gasteiger partial charge on any atom is -0.259 e. The minimum absolute atomic E-state index is 0.0611. The smallest absolute Gasteiger partial charge is 0.259 e. The van der Waals surface area contributed by atoms with Gasteiger partial charge < -0.3 is 0 Å². The van der Waals surface area contributed by atoms with E-state index in [0.29, 0.717) is 0 Å². The molecule has 80 valence electrons. The van der Waals surface area contributed by atoms with Crippen LogP contribution in [0.1, 0.15) is 0 Å². The number of nitrogens with zero attached hydrogens (tertiary/aromatic N) is 2. The highest BCUT2D eigenvalue weighted by atomic mass is 16.2. The normalized spacial score (nSPS) is 9.87. The van der Waals surface area contributed by atoms with Crippen molar-refractivity contribution in [2.24, 2.45) is 0 Å². The fraction of sp³-hybridized carbons (Fsp3) is 0.222. The summed E-state index contributed by atoms with van der Waals surface area (Å²) in [4.78, 5) is 36.1.